The quantitative estimate of drug-likeness (QED) is 0.568. The Labute approximate surface area is 68.5 Å². The maximum absolute atomic E-state index is 11.2. The molecule has 0 spiro atoms. The molecule has 0 bridgehead atoms. The Bertz CT molecular complexity index is 170. The van der Waals surface area contributed by atoms with E-state index in [4.69, 9.17) is 0 Å². The molecule has 0 heterocycles. The van der Waals surface area contributed by atoms with E-state index in [1.165, 1.54) is 5.57 Å². The lowest BCUT2D eigenvalue weighted by molar-refractivity contribution is -0.120. The van der Waals surface area contributed by atoms with Crippen molar-refractivity contribution in [2.75, 3.05) is 0 Å². The summed E-state index contributed by atoms with van der Waals surface area (Å²) >= 11 is 0. The van der Waals surface area contributed by atoms with Crippen molar-refractivity contribution in [3.8, 4) is 0 Å². The maximum Gasteiger partial charge on any atom is 0.136 e. The highest BCUT2D eigenvalue weighted by atomic mass is 16.1. The fourth-order valence-corrected chi connectivity index (χ4v) is 1.60. The van der Waals surface area contributed by atoms with Crippen molar-refractivity contribution in [1.82, 2.24) is 0 Å². The van der Waals surface area contributed by atoms with Gasteiger partial charge < -0.3 is 0 Å². The van der Waals surface area contributed by atoms with Crippen LogP contribution < -0.4 is 0 Å². The molecule has 0 N–H and O–H groups in total. The van der Waals surface area contributed by atoms with E-state index in [1.807, 2.05) is 0 Å². The van der Waals surface area contributed by atoms with Crippen molar-refractivity contribution < 1.29 is 4.79 Å². The second-order valence-electron chi connectivity index (χ2n) is 3.36. The fraction of sp³-hybridized carbons (Fsp3) is 0.700. The van der Waals surface area contributed by atoms with Crippen LogP contribution in [-0.4, -0.2) is 5.78 Å². The molecule has 0 radical (unpaired) electrons. The van der Waals surface area contributed by atoms with Gasteiger partial charge in [0.05, 0.1) is 0 Å². The largest absolute Gasteiger partial charge is 0.299 e. The molecular formula is C10H16O. The van der Waals surface area contributed by atoms with Gasteiger partial charge in [0.15, 0.2) is 0 Å². The van der Waals surface area contributed by atoms with E-state index in [0.717, 1.165) is 32.1 Å². The van der Waals surface area contributed by atoms with E-state index in [1.54, 1.807) is 0 Å². The van der Waals surface area contributed by atoms with Gasteiger partial charge in [-0.25, -0.2) is 0 Å². The summed E-state index contributed by atoms with van der Waals surface area (Å²) in [5.41, 5.74) is 1.23. The molecular weight excluding hydrogens is 136 g/mol. The summed E-state index contributed by atoms with van der Waals surface area (Å²) in [4.78, 5) is 11.2. The number of Topliss-reactive ketones (excluding diaryl/α,β-unsaturated/α-hetero) is 1. The minimum atomic E-state index is 0.322. The lowest BCUT2D eigenvalue weighted by Gasteiger charge is -2.07. The number of allylic oxidation sites excluding steroid dienone is 1. The molecule has 0 aliphatic heterocycles. The SMILES string of the molecule is C=C(CC)CC1CCCC1=O. The van der Waals surface area contributed by atoms with Crippen LogP contribution in [0.15, 0.2) is 12.2 Å². The van der Waals surface area contributed by atoms with Gasteiger partial charge in [0.2, 0.25) is 0 Å². The van der Waals surface area contributed by atoms with Crippen LogP contribution in [0.2, 0.25) is 0 Å². The molecule has 62 valence electrons. The lowest BCUT2D eigenvalue weighted by atomic mass is 9.97. The summed E-state index contributed by atoms with van der Waals surface area (Å²) < 4.78 is 0. The smallest absolute Gasteiger partial charge is 0.136 e. The zero-order valence-corrected chi connectivity index (χ0v) is 7.23. The third-order valence-corrected chi connectivity index (χ3v) is 2.47. The molecule has 0 saturated heterocycles. The van der Waals surface area contributed by atoms with Gasteiger partial charge in [0.1, 0.15) is 5.78 Å². The van der Waals surface area contributed by atoms with Gasteiger partial charge in [-0.15, -0.1) is 0 Å². The van der Waals surface area contributed by atoms with Crippen molar-refractivity contribution in [2.24, 2.45) is 5.92 Å². The van der Waals surface area contributed by atoms with E-state index >= 15 is 0 Å². The van der Waals surface area contributed by atoms with Crippen molar-refractivity contribution in [3.05, 3.63) is 12.2 Å². The zero-order valence-electron chi connectivity index (χ0n) is 7.23. The first-order chi connectivity index (χ1) is 5.24. The number of carbonyl (C=O) groups is 1. The standard InChI is InChI=1S/C10H16O/c1-3-8(2)7-9-5-4-6-10(9)11/h9H,2-7H2,1H3. The van der Waals surface area contributed by atoms with E-state index in [0.29, 0.717) is 11.7 Å². The number of rotatable bonds is 3. The summed E-state index contributed by atoms with van der Waals surface area (Å²) in [6, 6.07) is 0. The highest BCUT2D eigenvalue weighted by Crippen LogP contribution is 2.27. The van der Waals surface area contributed by atoms with Crippen molar-refractivity contribution in [1.29, 1.82) is 0 Å². The second-order valence-corrected chi connectivity index (χ2v) is 3.36. The van der Waals surface area contributed by atoms with Gasteiger partial charge in [0, 0.05) is 12.3 Å². The van der Waals surface area contributed by atoms with Crippen LogP contribution in [0, 0.1) is 5.92 Å². The summed E-state index contributed by atoms with van der Waals surface area (Å²) in [6.45, 7) is 6.02. The summed E-state index contributed by atoms with van der Waals surface area (Å²) in [6.07, 6.45) is 4.96. The lowest BCUT2D eigenvalue weighted by Crippen LogP contribution is -2.06. The van der Waals surface area contributed by atoms with Gasteiger partial charge >= 0.3 is 0 Å². The van der Waals surface area contributed by atoms with Gasteiger partial charge in [-0.05, 0) is 25.7 Å². The Morgan fingerprint density at radius 3 is 2.91 bits per heavy atom. The topological polar surface area (TPSA) is 17.1 Å². The van der Waals surface area contributed by atoms with Crippen LogP contribution in [0.25, 0.3) is 0 Å². The van der Waals surface area contributed by atoms with E-state index < -0.39 is 0 Å². The predicted octanol–water partition coefficient (Wildman–Crippen LogP) is 2.71. The third kappa shape index (κ3) is 2.18. The number of hydrogen-bond donors (Lipinski definition) is 0. The van der Waals surface area contributed by atoms with E-state index in [2.05, 4.69) is 13.5 Å². The third-order valence-electron chi connectivity index (χ3n) is 2.47. The van der Waals surface area contributed by atoms with E-state index in [9.17, 15) is 4.79 Å². The van der Waals surface area contributed by atoms with Gasteiger partial charge in [-0.1, -0.05) is 19.1 Å². The first kappa shape index (κ1) is 8.51. The molecule has 0 amide bonds. The first-order valence-corrected chi connectivity index (χ1v) is 4.43. The van der Waals surface area contributed by atoms with Crippen LogP contribution >= 0.6 is 0 Å². The molecule has 1 atom stereocenters. The molecule has 1 unspecified atom stereocenters. The molecule has 1 saturated carbocycles. The molecule has 0 aromatic carbocycles. The molecule has 1 nitrogen and oxygen atoms in total. The Balaban J connectivity index is 2.36. The molecule has 1 heteroatoms. The van der Waals surface area contributed by atoms with Crippen molar-refractivity contribution in [3.63, 3.8) is 0 Å². The monoisotopic (exact) mass is 152 g/mol. The summed E-state index contributed by atoms with van der Waals surface area (Å²) in [5, 5.41) is 0. The highest BCUT2D eigenvalue weighted by molar-refractivity contribution is 5.83. The van der Waals surface area contributed by atoms with Crippen molar-refractivity contribution >= 4 is 5.78 Å². The van der Waals surface area contributed by atoms with Crippen LogP contribution in [0.3, 0.4) is 0 Å². The predicted molar refractivity (Wildman–Crippen MR) is 46.4 cm³/mol. The van der Waals surface area contributed by atoms with Crippen LogP contribution in [0.1, 0.15) is 39.0 Å². The molecule has 1 aliphatic rings. The number of hydrogen-bond acceptors (Lipinski definition) is 1. The van der Waals surface area contributed by atoms with Crippen LogP contribution in [-0.2, 0) is 4.79 Å². The second kappa shape index (κ2) is 3.70. The normalized spacial score (nSPS) is 24.1. The van der Waals surface area contributed by atoms with Gasteiger partial charge in [-0.2, -0.15) is 0 Å². The molecule has 1 aliphatic carbocycles. The minimum Gasteiger partial charge on any atom is -0.299 e. The summed E-state index contributed by atoms with van der Waals surface area (Å²) in [7, 11) is 0. The fourth-order valence-electron chi connectivity index (χ4n) is 1.60. The van der Waals surface area contributed by atoms with Crippen LogP contribution in [0.4, 0.5) is 0 Å². The zero-order chi connectivity index (χ0) is 8.27. The number of carbonyl (C=O) groups excluding carboxylic acids is 1. The van der Waals surface area contributed by atoms with Gasteiger partial charge in [-0.3, -0.25) is 4.79 Å². The molecule has 0 aromatic heterocycles. The Kier molecular flexibility index (Phi) is 2.86. The average Bonchev–Trinajstić information content (AvgIpc) is 2.37. The molecule has 1 rings (SSSR count). The minimum absolute atomic E-state index is 0.322. The maximum atomic E-state index is 11.2. The molecule has 0 aromatic rings. The Morgan fingerprint density at radius 2 is 2.45 bits per heavy atom. The molecule has 1 fully saturated rings. The highest BCUT2D eigenvalue weighted by Gasteiger charge is 2.23. The van der Waals surface area contributed by atoms with Gasteiger partial charge in [0.25, 0.3) is 0 Å². The van der Waals surface area contributed by atoms with Crippen molar-refractivity contribution in [2.45, 2.75) is 39.0 Å². The summed E-state index contributed by atoms with van der Waals surface area (Å²) in [5.74, 6) is 0.780. The molecule has 11 heavy (non-hydrogen) atoms. The van der Waals surface area contributed by atoms with Crippen LogP contribution in [0.5, 0.6) is 0 Å². The Hall–Kier alpha value is -0.590. The number of ketones is 1. The average molecular weight is 152 g/mol. The van der Waals surface area contributed by atoms with E-state index in [-0.39, 0.29) is 0 Å². The first-order valence-electron chi connectivity index (χ1n) is 4.43. The Morgan fingerprint density at radius 1 is 1.73 bits per heavy atom.